The highest BCUT2D eigenvalue weighted by atomic mass is 32.1. The molecule has 0 spiro atoms. The third-order valence-corrected chi connectivity index (χ3v) is 6.51. The first-order valence-corrected chi connectivity index (χ1v) is 11.4. The molecule has 2 heterocycles. The SMILES string of the molecule is COc1ccc(C2C(C(=O)Nc3nnc(C)s3)CCC(=O)N2c2ccc(C)cc2)cc1OC. The number of benzene rings is 2. The smallest absolute Gasteiger partial charge is 0.231 e. The van der Waals surface area contributed by atoms with Crippen molar-refractivity contribution in [2.24, 2.45) is 5.92 Å². The van der Waals surface area contributed by atoms with E-state index in [1.807, 2.05) is 50.2 Å². The molecule has 2 unspecified atom stereocenters. The number of nitrogens with one attached hydrogen (secondary N) is 1. The highest BCUT2D eigenvalue weighted by molar-refractivity contribution is 7.15. The molecule has 8 nitrogen and oxygen atoms in total. The third-order valence-electron chi connectivity index (χ3n) is 5.75. The van der Waals surface area contributed by atoms with Gasteiger partial charge in [-0.2, -0.15) is 0 Å². The molecule has 1 fully saturated rings. The first-order valence-electron chi connectivity index (χ1n) is 10.6. The number of carbonyl (C=O) groups is 2. The van der Waals surface area contributed by atoms with Crippen molar-refractivity contribution in [3.05, 3.63) is 58.6 Å². The number of aromatic nitrogens is 2. The number of hydrogen-bond donors (Lipinski definition) is 1. The van der Waals surface area contributed by atoms with Gasteiger partial charge in [0.25, 0.3) is 0 Å². The van der Waals surface area contributed by atoms with Gasteiger partial charge in [-0.15, -0.1) is 10.2 Å². The molecule has 1 N–H and O–H groups in total. The highest BCUT2D eigenvalue weighted by Gasteiger charge is 2.42. The topological polar surface area (TPSA) is 93.7 Å². The largest absolute Gasteiger partial charge is 0.493 e. The van der Waals surface area contributed by atoms with Crippen LogP contribution in [-0.2, 0) is 9.59 Å². The van der Waals surface area contributed by atoms with E-state index in [2.05, 4.69) is 15.5 Å². The van der Waals surface area contributed by atoms with Crippen molar-refractivity contribution in [2.75, 3.05) is 24.4 Å². The molecule has 2 amide bonds. The van der Waals surface area contributed by atoms with Gasteiger partial charge in [-0.25, -0.2) is 0 Å². The first kappa shape index (κ1) is 22.7. The molecule has 4 rings (SSSR count). The Morgan fingerprint density at radius 1 is 1.06 bits per heavy atom. The summed E-state index contributed by atoms with van der Waals surface area (Å²) in [6.07, 6.45) is 0.689. The fraction of sp³-hybridized carbons (Fsp3) is 0.333. The van der Waals surface area contributed by atoms with Gasteiger partial charge in [-0.05, 0) is 50.1 Å². The van der Waals surface area contributed by atoms with E-state index in [0.29, 0.717) is 23.1 Å². The molecule has 0 saturated carbocycles. The van der Waals surface area contributed by atoms with Crippen LogP contribution < -0.4 is 19.7 Å². The van der Waals surface area contributed by atoms with Gasteiger partial charge >= 0.3 is 0 Å². The summed E-state index contributed by atoms with van der Waals surface area (Å²) >= 11 is 1.32. The summed E-state index contributed by atoms with van der Waals surface area (Å²) in [4.78, 5) is 28.3. The molecule has 1 saturated heterocycles. The number of hydrogen-bond acceptors (Lipinski definition) is 7. The van der Waals surface area contributed by atoms with E-state index < -0.39 is 12.0 Å². The maximum absolute atomic E-state index is 13.4. The lowest BCUT2D eigenvalue weighted by molar-refractivity contribution is -0.125. The average molecular weight is 467 g/mol. The van der Waals surface area contributed by atoms with Gasteiger partial charge in [-0.3, -0.25) is 9.59 Å². The molecule has 3 aromatic rings. The quantitative estimate of drug-likeness (QED) is 0.582. The maximum atomic E-state index is 13.4. The van der Waals surface area contributed by atoms with E-state index in [9.17, 15) is 9.59 Å². The Kier molecular flexibility index (Phi) is 6.60. The average Bonchev–Trinajstić information content (AvgIpc) is 3.23. The molecule has 1 aliphatic rings. The third kappa shape index (κ3) is 4.68. The second-order valence-corrected chi connectivity index (χ2v) is 9.10. The molecular weight excluding hydrogens is 440 g/mol. The van der Waals surface area contributed by atoms with Crippen LogP contribution in [0.15, 0.2) is 42.5 Å². The van der Waals surface area contributed by atoms with Crippen molar-refractivity contribution >= 4 is 34.0 Å². The summed E-state index contributed by atoms with van der Waals surface area (Å²) in [5, 5.41) is 12.1. The van der Waals surface area contributed by atoms with Crippen molar-refractivity contribution in [1.82, 2.24) is 10.2 Å². The summed E-state index contributed by atoms with van der Waals surface area (Å²) in [7, 11) is 3.13. The molecular formula is C24H26N4O4S. The first-order chi connectivity index (χ1) is 15.9. The Morgan fingerprint density at radius 3 is 2.42 bits per heavy atom. The number of anilines is 2. The molecule has 0 radical (unpaired) electrons. The lowest BCUT2D eigenvalue weighted by Gasteiger charge is -2.41. The van der Waals surface area contributed by atoms with Crippen LogP contribution >= 0.6 is 11.3 Å². The molecule has 0 aliphatic carbocycles. The van der Waals surface area contributed by atoms with E-state index >= 15 is 0 Å². The Morgan fingerprint density at radius 2 is 1.79 bits per heavy atom. The summed E-state index contributed by atoms with van der Waals surface area (Å²) in [6, 6.07) is 12.7. The molecule has 1 aliphatic heterocycles. The van der Waals surface area contributed by atoms with Crippen LogP contribution in [0.1, 0.15) is 35.0 Å². The summed E-state index contributed by atoms with van der Waals surface area (Å²) < 4.78 is 10.9. The lowest BCUT2D eigenvalue weighted by atomic mass is 9.83. The molecule has 1 aromatic heterocycles. The number of ether oxygens (including phenoxy) is 2. The van der Waals surface area contributed by atoms with E-state index in [4.69, 9.17) is 9.47 Å². The normalized spacial score (nSPS) is 18.2. The highest BCUT2D eigenvalue weighted by Crippen LogP contribution is 2.43. The van der Waals surface area contributed by atoms with Gasteiger partial charge in [0.15, 0.2) is 11.5 Å². The zero-order chi connectivity index (χ0) is 23.5. The minimum absolute atomic E-state index is 0.0329. The van der Waals surface area contributed by atoms with Crippen molar-refractivity contribution in [3.8, 4) is 11.5 Å². The number of methoxy groups -OCH3 is 2. The summed E-state index contributed by atoms with van der Waals surface area (Å²) in [5.41, 5.74) is 2.62. The second kappa shape index (κ2) is 9.58. The molecule has 33 heavy (non-hydrogen) atoms. The number of rotatable bonds is 6. The second-order valence-electron chi connectivity index (χ2n) is 7.92. The van der Waals surface area contributed by atoms with E-state index in [0.717, 1.165) is 21.8 Å². The van der Waals surface area contributed by atoms with Crippen molar-refractivity contribution < 1.29 is 19.1 Å². The summed E-state index contributed by atoms with van der Waals surface area (Å²) in [6.45, 7) is 3.83. The van der Waals surface area contributed by atoms with Crippen molar-refractivity contribution in [1.29, 1.82) is 0 Å². The Labute approximate surface area is 196 Å². The number of nitrogens with zero attached hydrogens (tertiary/aromatic N) is 3. The Hall–Kier alpha value is -3.46. The molecule has 2 aromatic carbocycles. The van der Waals surface area contributed by atoms with Crippen LogP contribution in [0.4, 0.5) is 10.8 Å². The minimum atomic E-state index is -0.525. The number of carbonyl (C=O) groups excluding carboxylic acids is 2. The van der Waals surface area contributed by atoms with Crippen molar-refractivity contribution in [3.63, 3.8) is 0 Å². The van der Waals surface area contributed by atoms with Gasteiger partial charge in [0.05, 0.1) is 26.2 Å². The molecule has 172 valence electrons. The van der Waals surface area contributed by atoms with Crippen LogP contribution in [-0.4, -0.2) is 36.2 Å². The number of aryl methyl sites for hydroxylation is 2. The lowest BCUT2D eigenvalue weighted by Crippen LogP contribution is -2.47. The zero-order valence-corrected chi connectivity index (χ0v) is 19.8. The van der Waals surface area contributed by atoms with Crippen molar-refractivity contribution in [2.45, 2.75) is 32.7 Å². The zero-order valence-electron chi connectivity index (χ0n) is 19.0. The van der Waals surface area contributed by atoms with E-state index in [-0.39, 0.29) is 18.2 Å². The standard InChI is InChI=1S/C24H26N4O4S/c1-14-5-8-17(9-6-14)28-21(29)12-10-18(23(30)25-24-27-26-15(2)33-24)22(28)16-7-11-19(31-3)20(13-16)32-4/h5-9,11,13,18,22H,10,12H2,1-4H3,(H,25,27,30). The van der Waals surface area contributed by atoms with Gasteiger partial charge in [0, 0.05) is 12.1 Å². The van der Waals surface area contributed by atoms with Gasteiger partial charge in [-0.1, -0.05) is 35.1 Å². The van der Waals surface area contributed by atoms with Gasteiger partial charge < -0.3 is 19.7 Å². The summed E-state index contributed by atoms with van der Waals surface area (Å²) in [5.74, 6) is 0.391. The van der Waals surface area contributed by atoms with Gasteiger partial charge in [0.2, 0.25) is 16.9 Å². The molecule has 0 bridgehead atoms. The van der Waals surface area contributed by atoms with Crippen LogP contribution in [0.25, 0.3) is 0 Å². The number of piperidine rings is 1. The maximum Gasteiger partial charge on any atom is 0.231 e. The van der Waals surface area contributed by atoms with E-state index in [1.54, 1.807) is 25.2 Å². The molecule has 9 heteroatoms. The Bertz CT molecular complexity index is 1160. The number of amides is 2. The Balaban J connectivity index is 1.78. The predicted molar refractivity (Wildman–Crippen MR) is 127 cm³/mol. The van der Waals surface area contributed by atoms with Crippen LogP contribution in [0.2, 0.25) is 0 Å². The fourth-order valence-corrected chi connectivity index (χ4v) is 4.73. The predicted octanol–water partition coefficient (Wildman–Crippen LogP) is 4.30. The van der Waals surface area contributed by atoms with Crippen LogP contribution in [0.3, 0.4) is 0 Å². The minimum Gasteiger partial charge on any atom is -0.493 e. The fourth-order valence-electron chi connectivity index (χ4n) is 4.14. The molecule has 2 atom stereocenters. The van der Waals surface area contributed by atoms with Gasteiger partial charge in [0.1, 0.15) is 5.01 Å². The van der Waals surface area contributed by atoms with Crippen LogP contribution in [0.5, 0.6) is 11.5 Å². The van der Waals surface area contributed by atoms with E-state index in [1.165, 1.54) is 11.3 Å². The monoisotopic (exact) mass is 466 g/mol. The van der Waals surface area contributed by atoms with Crippen LogP contribution in [0, 0.1) is 19.8 Å².